The van der Waals surface area contributed by atoms with Crippen LogP contribution in [0.3, 0.4) is 0 Å². The summed E-state index contributed by atoms with van der Waals surface area (Å²) >= 11 is 0. The molecule has 5 heteroatoms. The molecule has 0 spiro atoms. The fraction of sp³-hybridized carbons (Fsp3) is 0.273. The molecule has 0 aliphatic heterocycles. The SMILES string of the molecule is CCOC(=O)Cc1nc2cc(N)ccc2[nH]1. The summed E-state index contributed by atoms with van der Waals surface area (Å²) in [7, 11) is 0. The number of carbonyl (C=O) groups is 1. The van der Waals surface area contributed by atoms with Gasteiger partial charge in [-0.05, 0) is 25.1 Å². The van der Waals surface area contributed by atoms with Crippen LogP contribution in [0.25, 0.3) is 11.0 Å². The highest BCUT2D eigenvalue weighted by atomic mass is 16.5. The number of fused-ring (bicyclic) bond motifs is 1. The van der Waals surface area contributed by atoms with Gasteiger partial charge in [0, 0.05) is 5.69 Å². The van der Waals surface area contributed by atoms with Crippen molar-refractivity contribution in [3.63, 3.8) is 0 Å². The molecule has 0 bridgehead atoms. The second-order valence-electron chi connectivity index (χ2n) is 3.44. The van der Waals surface area contributed by atoms with Crippen LogP contribution >= 0.6 is 0 Å². The molecule has 1 aromatic heterocycles. The van der Waals surface area contributed by atoms with Crippen molar-refractivity contribution in [1.29, 1.82) is 0 Å². The Labute approximate surface area is 92.6 Å². The van der Waals surface area contributed by atoms with Crippen LogP contribution in [0.15, 0.2) is 18.2 Å². The maximum Gasteiger partial charge on any atom is 0.313 e. The molecule has 2 rings (SSSR count). The summed E-state index contributed by atoms with van der Waals surface area (Å²) < 4.78 is 4.84. The number of hydrogen-bond acceptors (Lipinski definition) is 4. The van der Waals surface area contributed by atoms with Crippen LogP contribution in [0.1, 0.15) is 12.7 Å². The number of nitrogens with two attached hydrogens (primary N) is 1. The first kappa shape index (κ1) is 10.5. The molecule has 0 amide bonds. The first-order valence-corrected chi connectivity index (χ1v) is 5.09. The lowest BCUT2D eigenvalue weighted by Crippen LogP contribution is -2.08. The van der Waals surface area contributed by atoms with E-state index in [9.17, 15) is 4.79 Å². The molecule has 16 heavy (non-hydrogen) atoms. The molecule has 1 aromatic carbocycles. The number of aromatic nitrogens is 2. The number of nitrogens with zero attached hydrogens (tertiary/aromatic N) is 1. The van der Waals surface area contributed by atoms with E-state index >= 15 is 0 Å². The van der Waals surface area contributed by atoms with Crippen molar-refractivity contribution < 1.29 is 9.53 Å². The summed E-state index contributed by atoms with van der Waals surface area (Å²) in [6.45, 7) is 2.16. The lowest BCUT2D eigenvalue weighted by atomic mass is 10.3. The Balaban J connectivity index is 2.23. The van der Waals surface area contributed by atoms with E-state index in [1.54, 1.807) is 19.1 Å². The van der Waals surface area contributed by atoms with Gasteiger partial charge in [0.2, 0.25) is 0 Å². The van der Waals surface area contributed by atoms with E-state index in [0.717, 1.165) is 11.0 Å². The Morgan fingerprint density at radius 1 is 1.56 bits per heavy atom. The topological polar surface area (TPSA) is 81.0 Å². The van der Waals surface area contributed by atoms with Gasteiger partial charge >= 0.3 is 5.97 Å². The predicted octanol–water partition coefficient (Wildman–Crippen LogP) is 1.25. The lowest BCUT2D eigenvalue weighted by Gasteiger charge is -1.97. The molecule has 3 N–H and O–H groups in total. The van der Waals surface area contributed by atoms with Crippen molar-refractivity contribution in [1.82, 2.24) is 9.97 Å². The zero-order valence-electron chi connectivity index (χ0n) is 8.99. The van der Waals surface area contributed by atoms with Crippen molar-refractivity contribution in [2.45, 2.75) is 13.3 Å². The highest BCUT2D eigenvalue weighted by Gasteiger charge is 2.08. The summed E-state index contributed by atoms with van der Waals surface area (Å²) in [6.07, 6.45) is 0.155. The van der Waals surface area contributed by atoms with E-state index in [4.69, 9.17) is 10.5 Å². The number of ether oxygens (including phenoxy) is 1. The van der Waals surface area contributed by atoms with Crippen LogP contribution in [0.2, 0.25) is 0 Å². The fourth-order valence-corrected chi connectivity index (χ4v) is 1.51. The van der Waals surface area contributed by atoms with Crippen LogP contribution in [0.4, 0.5) is 5.69 Å². The number of esters is 1. The minimum Gasteiger partial charge on any atom is -0.466 e. The van der Waals surface area contributed by atoms with E-state index in [1.165, 1.54) is 0 Å². The minimum atomic E-state index is -0.283. The number of aromatic amines is 1. The standard InChI is InChI=1S/C11H13N3O2/c1-2-16-11(15)6-10-13-8-4-3-7(12)5-9(8)14-10/h3-5H,2,6,12H2,1H3,(H,13,14). The summed E-state index contributed by atoms with van der Waals surface area (Å²) in [5, 5.41) is 0. The Kier molecular flexibility index (Phi) is 2.76. The number of anilines is 1. The van der Waals surface area contributed by atoms with Crippen LogP contribution in [0, 0.1) is 0 Å². The summed E-state index contributed by atoms with van der Waals surface area (Å²) in [5.74, 6) is 0.313. The molecule has 0 unspecified atom stereocenters. The van der Waals surface area contributed by atoms with Crippen LogP contribution in [0.5, 0.6) is 0 Å². The van der Waals surface area contributed by atoms with Gasteiger partial charge < -0.3 is 15.5 Å². The summed E-state index contributed by atoms with van der Waals surface area (Å²) in [6, 6.07) is 5.39. The fourth-order valence-electron chi connectivity index (χ4n) is 1.51. The first-order valence-electron chi connectivity index (χ1n) is 5.09. The minimum absolute atomic E-state index is 0.155. The van der Waals surface area contributed by atoms with E-state index in [-0.39, 0.29) is 12.4 Å². The van der Waals surface area contributed by atoms with Crippen molar-refractivity contribution in [2.75, 3.05) is 12.3 Å². The molecule has 2 aromatic rings. The quantitative estimate of drug-likeness (QED) is 0.601. The van der Waals surface area contributed by atoms with Gasteiger partial charge in [0.1, 0.15) is 12.2 Å². The smallest absolute Gasteiger partial charge is 0.313 e. The monoisotopic (exact) mass is 219 g/mol. The van der Waals surface area contributed by atoms with Gasteiger partial charge in [-0.1, -0.05) is 0 Å². The highest BCUT2D eigenvalue weighted by Crippen LogP contribution is 2.15. The number of imidazole rings is 1. The maximum atomic E-state index is 11.2. The van der Waals surface area contributed by atoms with Crippen LogP contribution < -0.4 is 5.73 Å². The maximum absolute atomic E-state index is 11.2. The van der Waals surface area contributed by atoms with Crippen molar-refractivity contribution in [2.24, 2.45) is 0 Å². The molecule has 1 heterocycles. The zero-order valence-corrected chi connectivity index (χ0v) is 8.99. The Morgan fingerprint density at radius 3 is 3.12 bits per heavy atom. The average Bonchev–Trinajstić information content (AvgIpc) is 2.59. The van der Waals surface area contributed by atoms with Crippen LogP contribution in [-0.4, -0.2) is 22.5 Å². The number of carbonyl (C=O) groups excluding carboxylic acids is 1. The van der Waals surface area contributed by atoms with Gasteiger partial charge in [-0.3, -0.25) is 4.79 Å². The average molecular weight is 219 g/mol. The van der Waals surface area contributed by atoms with Crippen molar-refractivity contribution >= 4 is 22.7 Å². The van der Waals surface area contributed by atoms with Gasteiger partial charge in [0.15, 0.2) is 0 Å². The number of nitrogen functional groups attached to an aromatic ring is 1. The summed E-state index contributed by atoms with van der Waals surface area (Å²) in [4.78, 5) is 18.6. The number of hydrogen-bond donors (Lipinski definition) is 2. The zero-order chi connectivity index (χ0) is 11.5. The third kappa shape index (κ3) is 2.13. The number of H-pyrrole nitrogens is 1. The normalized spacial score (nSPS) is 10.6. The molecular weight excluding hydrogens is 206 g/mol. The number of nitrogens with one attached hydrogen (secondary N) is 1. The van der Waals surface area contributed by atoms with Gasteiger partial charge in [-0.2, -0.15) is 0 Å². The second-order valence-corrected chi connectivity index (χ2v) is 3.44. The molecule has 0 aliphatic carbocycles. The molecule has 0 atom stereocenters. The lowest BCUT2D eigenvalue weighted by molar-refractivity contribution is -0.142. The third-order valence-corrected chi connectivity index (χ3v) is 2.17. The first-order chi connectivity index (χ1) is 7.69. The highest BCUT2D eigenvalue weighted by molar-refractivity contribution is 5.80. The largest absolute Gasteiger partial charge is 0.466 e. The molecule has 0 radical (unpaired) electrons. The van der Waals surface area contributed by atoms with Crippen molar-refractivity contribution in [3.8, 4) is 0 Å². The third-order valence-electron chi connectivity index (χ3n) is 2.17. The molecule has 0 aliphatic rings. The van der Waals surface area contributed by atoms with Crippen molar-refractivity contribution in [3.05, 3.63) is 24.0 Å². The molecule has 0 fully saturated rings. The second kappa shape index (κ2) is 4.22. The number of benzene rings is 1. The Bertz CT molecular complexity index is 519. The summed E-state index contributed by atoms with van der Waals surface area (Å²) in [5.41, 5.74) is 7.92. The van der Waals surface area contributed by atoms with E-state index < -0.39 is 0 Å². The molecule has 84 valence electrons. The molecule has 0 saturated heterocycles. The molecule has 0 saturated carbocycles. The number of rotatable bonds is 3. The Hall–Kier alpha value is -2.04. The van der Waals surface area contributed by atoms with E-state index in [2.05, 4.69) is 9.97 Å². The van der Waals surface area contributed by atoms with Gasteiger partial charge in [0.05, 0.1) is 17.6 Å². The van der Waals surface area contributed by atoms with E-state index in [1.807, 2.05) is 6.07 Å². The molecular formula is C11H13N3O2. The van der Waals surface area contributed by atoms with Crippen LogP contribution in [-0.2, 0) is 16.0 Å². The van der Waals surface area contributed by atoms with E-state index in [0.29, 0.717) is 18.1 Å². The predicted molar refractivity (Wildman–Crippen MR) is 60.8 cm³/mol. The van der Waals surface area contributed by atoms with Gasteiger partial charge in [0.25, 0.3) is 0 Å². The molecule has 5 nitrogen and oxygen atoms in total. The Morgan fingerprint density at radius 2 is 2.38 bits per heavy atom. The van der Waals surface area contributed by atoms with Gasteiger partial charge in [-0.15, -0.1) is 0 Å². The van der Waals surface area contributed by atoms with Gasteiger partial charge in [-0.25, -0.2) is 4.98 Å².